The zero-order valence-electron chi connectivity index (χ0n) is 14.8. The van der Waals surface area contributed by atoms with E-state index in [1.54, 1.807) is 17.1 Å². The third kappa shape index (κ3) is 3.48. The lowest BCUT2D eigenvalue weighted by atomic mass is 10.1. The van der Waals surface area contributed by atoms with Gasteiger partial charge < -0.3 is 5.32 Å². The molecule has 3 aromatic heterocycles. The number of pyridine rings is 1. The van der Waals surface area contributed by atoms with E-state index in [9.17, 15) is 4.79 Å². The maximum atomic E-state index is 12.5. The molecule has 2 N–H and O–H groups in total. The van der Waals surface area contributed by atoms with Crippen LogP contribution in [0, 0.1) is 6.92 Å². The molecule has 0 radical (unpaired) electrons. The highest BCUT2D eigenvalue weighted by molar-refractivity contribution is 5.95. The molecule has 1 amide bonds. The van der Waals surface area contributed by atoms with Crippen LogP contribution in [0.1, 0.15) is 21.7 Å². The van der Waals surface area contributed by atoms with E-state index in [-0.39, 0.29) is 5.91 Å². The first kappa shape index (κ1) is 16.7. The quantitative estimate of drug-likeness (QED) is 0.574. The van der Waals surface area contributed by atoms with Crippen LogP contribution in [0.2, 0.25) is 0 Å². The minimum Gasteiger partial charge on any atom is -0.346 e. The number of nitrogens with one attached hydrogen (secondary N) is 2. The summed E-state index contributed by atoms with van der Waals surface area (Å²) in [6.45, 7) is 2.20. The number of aromatic nitrogens is 5. The van der Waals surface area contributed by atoms with E-state index in [4.69, 9.17) is 0 Å². The molecule has 1 aromatic carbocycles. The Balaban J connectivity index is 1.45. The van der Waals surface area contributed by atoms with Gasteiger partial charge in [0.25, 0.3) is 5.91 Å². The average Bonchev–Trinajstić information content (AvgIpc) is 3.34. The SMILES string of the molecule is Cc1c(C(=O)NCc2cc(-c3ccccc3)n[nH]2)cnn1-c1ccccn1. The Morgan fingerprint density at radius 2 is 1.96 bits per heavy atom. The Morgan fingerprint density at radius 1 is 1.15 bits per heavy atom. The van der Waals surface area contributed by atoms with Crippen molar-refractivity contribution < 1.29 is 4.79 Å². The van der Waals surface area contributed by atoms with Crippen molar-refractivity contribution >= 4 is 5.91 Å². The summed E-state index contributed by atoms with van der Waals surface area (Å²) < 4.78 is 1.65. The number of rotatable bonds is 5. The zero-order chi connectivity index (χ0) is 18.6. The predicted octanol–water partition coefficient (Wildman–Crippen LogP) is 2.90. The van der Waals surface area contributed by atoms with E-state index >= 15 is 0 Å². The summed E-state index contributed by atoms with van der Waals surface area (Å²) in [5, 5.41) is 14.4. The van der Waals surface area contributed by atoms with Crippen molar-refractivity contribution in [3.05, 3.63) is 83.9 Å². The number of aromatic amines is 1. The maximum Gasteiger partial charge on any atom is 0.255 e. The van der Waals surface area contributed by atoms with Crippen LogP contribution >= 0.6 is 0 Å². The summed E-state index contributed by atoms with van der Waals surface area (Å²) >= 11 is 0. The van der Waals surface area contributed by atoms with Gasteiger partial charge >= 0.3 is 0 Å². The summed E-state index contributed by atoms with van der Waals surface area (Å²) in [4.78, 5) is 16.8. The lowest BCUT2D eigenvalue weighted by Crippen LogP contribution is -2.23. The Hall–Kier alpha value is -3.74. The molecule has 0 aliphatic rings. The highest BCUT2D eigenvalue weighted by Crippen LogP contribution is 2.17. The maximum absolute atomic E-state index is 12.5. The van der Waals surface area contributed by atoms with Gasteiger partial charge in [0.15, 0.2) is 5.82 Å². The highest BCUT2D eigenvalue weighted by atomic mass is 16.1. The van der Waals surface area contributed by atoms with Crippen LogP contribution < -0.4 is 5.32 Å². The van der Waals surface area contributed by atoms with Gasteiger partial charge in [-0.1, -0.05) is 36.4 Å². The van der Waals surface area contributed by atoms with Gasteiger partial charge in [-0.3, -0.25) is 9.89 Å². The molecule has 27 heavy (non-hydrogen) atoms. The van der Waals surface area contributed by atoms with Crippen LogP contribution in [0.25, 0.3) is 17.1 Å². The number of hydrogen-bond donors (Lipinski definition) is 2. The fraction of sp³-hybridized carbons (Fsp3) is 0.100. The van der Waals surface area contributed by atoms with Gasteiger partial charge in [0.2, 0.25) is 0 Å². The van der Waals surface area contributed by atoms with E-state index in [1.807, 2.05) is 61.5 Å². The van der Waals surface area contributed by atoms with Crippen molar-refractivity contribution in [3.8, 4) is 17.1 Å². The minimum absolute atomic E-state index is 0.189. The molecule has 0 saturated heterocycles. The van der Waals surface area contributed by atoms with Crippen molar-refractivity contribution in [1.29, 1.82) is 0 Å². The molecular formula is C20H18N6O. The molecule has 0 unspecified atom stereocenters. The van der Waals surface area contributed by atoms with Crippen LogP contribution in [-0.2, 0) is 6.54 Å². The van der Waals surface area contributed by atoms with Gasteiger partial charge in [-0.25, -0.2) is 9.67 Å². The number of carbonyl (C=O) groups is 1. The number of hydrogen-bond acceptors (Lipinski definition) is 4. The van der Waals surface area contributed by atoms with Gasteiger partial charge in [-0.15, -0.1) is 0 Å². The Morgan fingerprint density at radius 3 is 2.74 bits per heavy atom. The molecule has 0 bridgehead atoms. The molecule has 7 nitrogen and oxygen atoms in total. The molecule has 0 aliphatic heterocycles. The van der Waals surface area contributed by atoms with Gasteiger partial charge in [-0.2, -0.15) is 10.2 Å². The van der Waals surface area contributed by atoms with Crippen LogP contribution in [0.4, 0.5) is 0 Å². The van der Waals surface area contributed by atoms with E-state index in [0.717, 1.165) is 22.6 Å². The fourth-order valence-electron chi connectivity index (χ4n) is 2.82. The second-order valence-electron chi connectivity index (χ2n) is 6.07. The first-order valence-electron chi connectivity index (χ1n) is 8.56. The molecule has 0 saturated carbocycles. The van der Waals surface area contributed by atoms with Crippen molar-refractivity contribution in [2.24, 2.45) is 0 Å². The molecule has 3 heterocycles. The molecular weight excluding hydrogens is 340 g/mol. The summed E-state index contributed by atoms with van der Waals surface area (Å²) in [6, 6.07) is 17.4. The Bertz CT molecular complexity index is 1050. The van der Waals surface area contributed by atoms with Crippen molar-refractivity contribution in [2.45, 2.75) is 13.5 Å². The van der Waals surface area contributed by atoms with E-state index < -0.39 is 0 Å². The van der Waals surface area contributed by atoms with E-state index in [1.165, 1.54) is 0 Å². The monoisotopic (exact) mass is 358 g/mol. The Kier molecular flexibility index (Phi) is 4.49. The first-order valence-corrected chi connectivity index (χ1v) is 8.56. The van der Waals surface area contributed by atoms with E-state index in [0.29, 0.717) is 17.9 Å². The second kappa shape index (κ2) is 7.25. The van der Waals surface area contributed by atoms with Gasteiger partial charge in [-0.05, 0) is 25.1 Å². The molecule has 0 atom stereocenters. The summed E-state index contributed by atoms with van der Waals surface area (Å²) in [5.41, 5.74) is 3.96. The highest BCUT2D eigenvalue weighted by Gasteiger charge is 2.15. The third-order valence-corrected chi connectivity index (χ3v) is 4.26. The molecule has 4 rings (SSSR count). The average molecular weight is 358 g/mol. The molecule has 0 spiro atoms. The summed E-state index contributed by atoms with van der Waals surface area (Å²) in [7, 11) is 0. The summed E-state index contributed by atoms with van der Waals surface area (Å²) in [5.74, 6) is 0.487. The lowest BCUT2D eigenvalue weighted by Gasteiger charge is -2.05. The predicted molar refractivity (Wildman–Crippen MR) is 101 cm³/mol. The number of amides is 1. The second-order valence-corrected chi connectivity index (χ2v) is 6.07. The standard InChI is InChI=1S/C20H18N6O/c1-14-17(13-23-26(14)19-9-5-6-10-21-19)20(27)22-12-16-11-18(25-24-16)15-7-3-2-4-8-15/h2-11,13H,12H2,1H3,(H,22,27)(H,24,25). The lowest BCUT2D eigenvalue weighted by molar-refractivity contribution is 0.0950. The molecule has 4 aromatic rings. The van der Waals surface area contributed by atoms with Gasteiger partial charge in [0.05, 0.1) is 35.4 Å². The number of nitrogens with zero attached hydrogens (tertiary/aromatic N) is 4. The van der Waals surface area contributed by atoms with Crippen LogP contribution in [0.5, 0.6) is 0 Å². The normalized spacial score (nSPS) is 10.7. The minimum atomic E-state index is -0.189. The van der Waals surface area contributed by atoms with Crippen molar-refractivity contribution in [1.82, 2.24) is 30.3 Å². The Labute approximate surface area is 156 Å². The molecule has 0 fully saturated rings. The van der Waals surface area contributed by atoms with Crippen LogP contribution in [0.3, 0.4) is 0 Å². The van der Waals surface area contributed by atoms with E-state index in [2.05, 4.69) is 25.6 Å². The first-order chi connectivity index (χ1) is 13.2. The topological polar surface area (TPSA) is 88.5 Å². The van der Waals surface area contributed by atoms with Crippen molar-refractivity contribution in [2.75, 3.05) is 0 Å². The van der Waals surface area contributed by atoms with Crippen molar-refractivity contribution in [3.63, 3.8) is 0 Å². The fourth-order valence-corrected chi connectivity index (χ4v) is 2.82. The molecule has 7 heteroatoms. The third-order valence-electron chi connectivity index (χ3n) is 4.26. The van der Waals surface area contributed by atoms with Crippen LogP contribution in [-0.4, -0.2) is 30.9 Å². The van der Waals surface area contributed by atoms with Gasteiger partial charge in [0.1, 0.15) is 0 Å². The van der Waals surface area contributed by atoms with Crippen LogP contribution in [0.15, 0.2) is 67.0 Å². The molecule has 0 aliphatic carbocycles. The van der Waals surface area contributed by atoms with Gasteiger partial charge in [0, 0.05) is 11.8 Å². The summed E-state index contributed by atoms with van der Waals surface area (Å²) in [6.07, 6.45) is 3.25. The zero-order valence-corrected chi connectivity index (χ0v) is 14.8. The largest absolute Gasteiger partial charge is 0.346 e. The number of H-pyrrole nitrogens is 1. The number of benzene rings is 1. The number of carbonyl (C=O) groups excluding carboxylic acids is 1. The smallest absolute Gasteiger partial charge is 0.255 e. The molecule has 134 valence electrons.